The third kappa shape index (κ3) is 3.53. The highest BCUT2D eigenvalue weighted by Gasteiger charge is 2.10. The van der Waals surface area contributed by atoms with Gasteiger partial charge in [0.25, 0.3) is 0 Å². The molecular weight excluding hydrogens is 290 g/mol. The van der Waals surface area contributed by atoms with E-state index in [2.05, 4.69) is 32.9 Å². The number of unbranched alkanes of at least 4 members (excludes halogenated alkanes) is 2. The Morgan fingerprint density at radius 1 is 1.30 bits per heavy atom. The molecule has 0 fully saturated rings. The minimum atomic E-state index is -0.224. The average molecular weight is 309 g/mol. The number of nitrogens with one attached hydrogen (secondary N) is 1. The van der Waals surface area contributed by atoms with Crippen LogP contribution in [0.2, 0.25) is 0 Å². The van der Waals surface area contributed by atoms with Crippen LogP contribution < -0.4 is 5.69 Å². The number of hydrogen-bond donors (Lipinski definition) is 1. The molecule has 0 spiro atoms. The maximum absolute atomic E-state index is 12.1. The number of imidazole rings is 1. The van der Waals surface area contributed by atoms with Crippen molar-refractivity contribution in [3.63, 3.8) is 0 Å². The van der Waals surface area contributed by atoms with Gasteiger partial charge in [-0.15, -0.1) is 0 Å². The Balaban J connectivity index is 1.92. The molecule has 118 valence electrons. The Morgan fingerprint density at radius 3 is 3.00 bits per heavy atom. The lowest BCUT2D eigenvalue weighted by atomic mass is 10.2. The summed E-state index contributed by atoms with van der Waals surface area (Å²) < 4.78 is 1.56. The van der Waals surface area contributed by atoms with E-state index in [1.54, 1.807) is 17.0 Å². The van der Waals surface area contributed by atoms with E-state index in [1.807, 2.05) is 24.3 Å². The summed E-state index contributed by atoms with van der Waals surface area (Å²) in [7, 11) is 0. The standard InChI is InChI=1S/C17H19N5O/c1-2-3-4-5-8-13-11-19-15-16(20-13)22(17(23)21-15)12-14-9-6-7-10-18-14/h5-11H,2-4,12H2,1H3,(H,19,21,23)/b8-5+. The molecule has 0 aromatic carbocycles. The summed E-state index contributed by atoms with van der Waals surface area (Å²) in [5.74, 6) is 0. The third-order valence-corrected chi connectivity index (χ3v) is 3.56. The minimum Gasteiger partial charge on any atom is -0.289 e. The number of aromatic amines is 1. The molecule has 0 radical (unpaired) electrons. The van der Waals surface area contributed by atoms with Crippen molar-refractivity contribution >= 4 is 17.4 Å². The first kappa shape index (κ1) is 15.1. The van der Waals surface area contributed by atoms with Gasteiger partial charge in [-0.05, 0) is 24.6 Å². The number of rotatable bonds is 6. The smallest absolute Gasteiger partial charge is 0.289 e. The molecule has 0 aliphatic carbocycles. The fraction of sp³-hybridized carbons (Fsp3) is 0.294. The first-order valence-corrected chi connectivity index (χ1v) is 7.80. The Bertz CT molecular complexity index is 864. The van der Waals surface area contributed by atoms with E-state index in [-0.39, 0.29) is 5.69 Å². The van der Waals surface area contributed by atoms with Crippen molar-refractivity contribution < 1.29 is 0 Å². The Hall–Kier alpha value is -2.76. The fourth-order valence-corrected chi connectivity index (χ4v) is 2.34. The Kier molecular flexibility index (Phi) is 4.61. The SMILES string of the molecule is CCCC/C=C/c1cnc2[nH]c(=O)n(Cc3ccccn3)c2n1. The van der Waals surface area contributed by atoms with Gasteiger partial charge < -0.3 is 0 Å². The first-order valence-electron chi connectivity index (χ1n) is 7.80. The van der Waals surface area contributed by atoms with Gasteiger partial charge in [-0.1, -0.05) is 31.9 Å². The van der Waals surface area contributed by atoms with Crippen LogP contribution >= 0.6 is 0 Å². The average Bonchev–Trinajstić information content (AvgIpc) is 2.88. The molecule has 1 N–H and O–H groups in total. The molecule has 0 saturated carbocycles. The first-order chi connectivity index (χ1) is 11.3. The van der Waals surface area contributed by atoms with Gasteiger partial charge in [-0.2, -0.15) is 0 Å². The summed E-state index contributed by atoms with van der Waals surface area (Å²) in [5, 5.41) is 0. The molecule has 23 heavy (non-hydrogen) atoms. The van der Waals surface area contributed by atoms with Gasteiger partial charge >= 0.3 is 5.69 Å². The lowest BCUT2D eigenvalue weighted by Gasteiger charge is -2.02. The third-order valence-electron chi connectivity index (χ3n) is 3.56. The van der Waals surface area contributed by atoms with Crippen LogP contribution in [0.3, 0.4) is 0 Å². The van der Waals surface area contributed by atoms with Gasteiger partial charge in [0.2, 0.25) is 0 Å². The molecule has 3 rings (SSSR count). The summed E-state index contributed by atoms with van der Waals surface area (Å²) in [6, 6.07) is 5.63. The van der Waals surface area contributed by atoms with Gasteiger partial charge in [0, 0.05) is 6.20 Å². The van der Waals surface area contributed by atoms with Gasteiger partial charge in [0.1, 0.15) is 0 Å². The molecule has 0 amide bonds. The summed E-state index contributed by atoms with van der Waals surface area (Å²) in [6.45, 7) is 2.53. The number of nitrogens with zero attached hydrogens (tertiary/aromatic N) is 4. The van der Waals surface area contributed by atoms with Crippen molar-refractivity contribution in [1.82, 2.24) is 24.5 Å². The number of aromatic nitrogens is 5. The number of fused-ring (bicyclic) bond motifs is 1. The normalized spacial score (nSPS) is 11.5. The van der Waals surface area contributed by atoms with Crippen molar-refractivity contribution in [2.75, 3.05) is 0 Å². The zero-order valence-electron chi connectivity index (χ0n) is 13.1. The van der Waals surface area contributed by atoms with Crippen molar-refractivity contribution in [1.29, 1.82) is 0 Å². The number of H-pyrrole nitrogens is 1. The van der Waals surface area contributed by atoms with E-state index in [9.17, 15) is 4.79 Å². The molecule has 6 nitrogen and oxygen atoms in total. The van der Waals surface area contributed by atoms with E-state index in [1.165, 1.54) is 0 Å². The van der Waals surface area contributed by atoms with Crippen LogP contribution in [0.5, 0.6) is 0 Å². The molecule has 0 saturated heterocycles. The quantitative estimate of drug-likeness (QED) is 0.710. The van der Waals surface area contributed by atoms with Gasteiger partial charge in [0.15, 0.2) is 11.3 Å². The van der Waals surface area contributed by atoms with Crippen LogP contribution in [0, 0.1) is 0 Å². The largest absolute Gasteiger partial charge is 0.329 e. The summed E-state index contributed by atoms with van der Waals surface area (Å²) in [5.41, 5.74) is 2.39. The topological polar surface area (TPSA) is 76.5 Å². The molecule has 0 aliphatic heterocycles. The van der Waals surface area contributed by atoms with E-state index >= 15 is 0 Å². The van der Waals surface area contributed by atoms with Crippen molar-refractivity contribution in [2.45, 2.75) is 32.7 Å². The van der Waals surface area contributed by atoms with Crippen molar-refractivity contribution in [3.8, 4) is 0 Å². The highest BCUT2D eigenvalue weighted by atomic mass is 16.1. The minimum absolute atomic E-state index is 0.224. The van der Waals surface area contributed by atoms with E-state index < -0.39 is 0 Å². The van der Waals surface area contributed by atoms with E-state index in [0.29, 0.717) is 17.8 Å². The number of pyridine rings is 1. The van der Waals surface area contributed by atoms with Crippen LogP contribution in [0.1, 0.15) is 37.6 Å². The summed E-state index contributed by atoms with van der Waals surface area (Å²) >= 11 is 0. The monoisotopic (exact) mass is 309 g/mol. The predicted octanol–water partition coefficient (Wildman–Crippen LogP) is 2.77. The molecular formula is C17H19N5O. The van der Waals surface area contributed by atoms with Crippen LogP contribution in [0.4, 0.5) is 0 Å². The highest BCUT2D eigenvalue weighted by Crippen LogP contribution is 2.09. The Labute approximate surface area is 133 Å². The molecule has 0 bridgehead atoms. The fourth-order valence-electron chi connectivity index (χ4n) is 2.34. The second-order valence-corrected chi connectivity index (χ2v) is 5.35. The lowest BCUT2D eigenvalue weighted by Crippen LogP contribution is -2.18. The molecule has 3 aromatic heterocycles. The predicted molar refractivity (Wildman–Crippen MR) is 90.0 cm³/mol. The summed E-state index contributed by atoms with van der Waals surface area (Å²) in [4.78, 5) is 28.0. The van der Waals surface area contributed by atoms with E-state index in [0.717, 1.165) is 30.7 Å². The molecule has 0 aliphatic rings. The summed E-state index contributed by atoms with van der Waals surface area (Å²) in [6.07, 6.45) is 10.8. The Morgan fingerprint density at radius 2 is 2.22 bits per heavy atom. The maximum Gasteiger partial charge on any atom is 0.329 e. The molecule has 3 heterocycles. The number of hydrogen-bond acceptors (Lipinski definition) is 4. The van der Waals surface area contributed by atoms with Crippen LogP contribution in [0.25, 0.3) is 17.4 Å². The second kappa shape index (κ2) is 7.00. The zero-order chi connectivity index (χ0) is 16.1. The second-order valence-electron chi connectivity index (χ2n) is 5.35. The van der Waals surface area contributed by atoms with Crippen LogP contribution in [-0.4, -0.2) is 24.5 Å². The van der Waals surface area contributed by atoms with Gasteiger partial charge in [0.05, 0.1) is 24.1 Å². The van der Waals surface area contributed by atoms with Crippen molar-refractivity contribution in [2.24, 2.45) is 0 Å². The molecule has 3 aromatic rings. The maximum atomic E-state index is 12.1. The van der Waals surface area contributed by atoms with E-state index in [4.69, 9.17) is 0 Å². The van der Waals surface area contributed by atoms with Crippen LogP contribution in [-0.2, 0) is 6.54 Å². The number of allylic oxidation sites excluding steroid dienone is 1. The van der Waals surface area contributed by atoms with Crippen molar-refractivity contribution in [3.05, 3.63) is 58.5 Å². The molecule has 0 atom stereocenters. The molecule has 6 heteroatoms. The van der Waals surface area contributed by atoms with Crippen LogP contribution in [0.15, 0.2) is 41.5 Å². The zero-order valence-corrected chi connectivity index (χ0v) is 13.1. The highest BCUT2D eigenvalue weighted by molar-refractivity contribution is 5.67. The lowest BCUT2D eigenvalue weighted by molar-refractivity contribution is 0.756. The molecule has 0 unspecified atom stereocenters. The van der Waals surface area contributed by atoms with Gasteiger partial charge in [-0.25, -0.2) is 14.8 Å². The van der Waals surface area contributed by atoms with Gasteiger partial charge in [-0.3, -0.25) is 14.5 Å².